The number of hydrogen-bond donors (Lipinski definition) is 2. The molecule has 1 aromatic heterocycles. The van der Waals surface area contributed by atoms with Crippen LogP contribution in [0.2, 0.25) is 0 Å². The van der Waals surface area contributed by atoms with Crippen LogP contribution in [0.3, 0.4) is 0 Å². The van der Waals surface area contributed by atoms with E-state index in [2.05, 4.69) is 5.32 Å². The number of rotatable bonds is 3. The molecule has 4 nitrogen and oxygen atoms in total. The fourth-order valence-corrected chi connectivity index (χ4v) is 2.86. The lowest BCUT2D eigenvalue weighted by molar-refractivity contribution is 0.102. The number of aromatic hydroxyl groups is 1. The van der Waals surface area contributed by atoms with E-state index in [1.54, 1.807) is 24.3 Å². The van der Waals surface area contributed by atoms with Crippen molar-refractivity contribution in [2.45, 2.75) is 0 Å². The van der Waals surface area contributed by atoms with Crippen molar-refractivity contribution in [2.75, 3.05) is 5.32 Å². The van der Waals surface area contributed by atoms with Crippen LogP contribution >= 0.6 is 0 Å². The Morgan fingerprint density at radius 3 is 2.40 bits per heavy atom. The molecule has 0 atom stereocenters. The van der Waals surface area contributed by atoms with E-state index < -0.39 is 0 Å². The van der Waals surface area contributed by atoms with Crippen LogP contribution in [0.4, 0.5) is 5.69 Å². The topological polar surface area (TPSA) is 54.3 Å². The Labute approximate surface area is 145 Å². The number of fused-ring (bicyclic) bond motifs is 1. The van der Waals surface area contributed by atoms with Crippen molar-refractivity contribution in [2.24, 2.45) is 0 Å². The highest BCUT2D eigenvalue weighted by Gasteiger charge is 2.09. The summed E-state index contributed by atoms with van der Waals surface area (Å²) in [6, 6.07) is 22.1. The van der Waals surface area contributed by atoms with Gasteiger partial charge < -0.3 is 15.0 Å². The van der Waals surface area contributed by atoms with Crippen molar-refractivity contribution in [1.82, 2.24) is 4.57 Å². The number of nitrogens with one attached hydrogen (secondary N) is 1. The Hall–Kier alpha value is -3.53. The van der Waals surface area contributed by atoms with Crippen LogP contribution in [0.1, 0.15) is 10.4 Å². The van der Waals surface area contributed by atoms with E-state index in [9.17, 15) is 9.90 Å². The normalized spacial score (nSPS) is 10.7. The van der Waals surface area contributed by atoms with Gasteiger partial charge in [-0.2, -0.15) is 0 Å². The molecule has 4 rings (SSSR count). The Balaban J connectivity index is 1.61. The van der Waals surface area contributed by atoms with E-state index in [0.717, 1.165) is 16.5 Å². The predicted molar refractivity (Wildman–Crippen MR) is 99.3 cm³/mol. The minimum atomic E-state index is -0.185. The first-order chi connectivity index (χ1) is 12.2. The molecular weight excluding hydrogens is 312 g/mol. The lowest BCUT2D eigenvalue weighted by Crippen LogP contribution is -2.12. The van der Waals surface area contributed by atoms with Gasteiger partial charge in [0.2, 0.25) is 0 Å². The van der Waals surface area contributed by atoms with E-state index in [1.807, 2.05) is 65.5 Å². The Morgan fingerprint density at radius 2 is 1.64 bits per heavy atom. The molecular formula is C21H16N2O2. The summed E-state index contributed by atoms with van der Waals surface area (Å²) in [5.74, 6) is -0.0137. The molecule has 1 amide bonds. The number of amides is 1. The van der Waals surface area contributed by atoms with Crippen molar-refractivity contribution >= 4 is 22.4 Å². The van der Waals surface area contributed by atoms with Gasteiger partial charge in [0, 0.05) is 34.7 Å². The van der Waals surface area contributed by atoms with Crippen LogP contribution < -0.4 is 5.32 Å². The first-order valence-electron chi connectivity index (χ1n) is 7.97. The summed E-state index contributed by atoms with van der Waals surface area (Å²) >= 11 is 0. The summed E-state index contributed by atoms with van der Waals surface area (Å²) in [4.78, 5) is 12.6. The smallest absolute Gasteiger partial charge is 0.255 e. The summed E-state index contributed by atoms with van der Waals surface area (Å²) in [5, 5.41) is 14.4. The van der Waals surface area contributed by atoms with Gasteiger partial charge in [-0.3, -0.25) is 4.79 Å². The molecule has 4 aromatic rings. The first kappa shape index (κ1) is 15.0. The SMILES string of the molecule is O=C(Nc1cccc2ccc(O)cc12)c1ccc(-n2cccc2)cc1. The molecule has 0 saturated heterocycles. The van der Waals surface area contributed by atoms with Crippen LogP contribution in [0.5, 0.6) is 5.75 Å². The average molecular weight is 328 g/mol. The van der Waals surface area contributed by atoms with Gasteiger partial charge in [-0.15, -0.1) is 0 Å². The summed E-state index contributed by atoms with van der Waals surface area (Å²) in [7, 11) is 0. The third-order valence-corrected chi connectivity index (χ3v) is 4.15. The summed E-state index contributed by atoms with van der Waals surface area (Å²) in [6.07, 6.45) is 3.91. The maximum absolute atomic E-state index is 12.6. The van der Waals surface area contributed by atoms with Gasteiger partial charge in [-0.25, -0.2) is 0 Å². The number of carbonyl (C=O) groups is 1. The van der Waals surface area contributed by atoms with E-state index in [4.69, 9.17) is 0 Å². The van der Waals surface area contributed by atoms with Crippen LogP contribution in [-0.4, -0.2) is 15.6 Å². The zero-order valence-electron chi connectivity index (χ0n) is 13.4. The Kier molecular flexibility index (Phi) is 3.71. The maximum atomic E-state index is 12.6. The zero-order valence-corrected chi connectivity index (χ0v) is 13.4. The monoisotopic (exact) mass is 328 g/mol. The molecule has 0 fully saturated rings. The molecule has 25 heavy (non-hydrogen) atoms. The van der Waals surface area contributed by atoms with Gasteiger partial charge in [0.1, 0.15) is 5.75 Å². The largest absolute Gasteiger partial charge is 0.508 e. The van der Waals surface area contributed by atoms with Gasteiger partial charge in [-0.1, -0.05) is 18.2 Å². The van der Waals surface area contributed by atoms with E-state index in [1.165, 1.54) is 0 Å². The third kappa shape index (κ3) is 2.97. The summed E-state index contributed by atoms with van der Waals surface area (Å²) in [5.41, 5.74) is 2.25. The Morgan fingerprint density at radius 1 is 0.880 bits per heavy atom. The molecule has 0 radical (unpaired) electrons. The molecule has 0 aliphatic rings. The summed E-state index contributed by atoms with van der Waals surface area (Å²) in [6.45, 7) is 0. The molecule has 0 aliphatic heterocycles. The molecule has 0 aliphatic carbocycles. The molecule has 1 heterocycles. The molecule has 0 saturated carbocycles. The molecule has 0 bridgehead atoms. The number of phenolic OH excluding ortho intramolecular Hbond substituents is 1. The number of phenols is 1. The third-order valence-electron chi connectivity index (χ3n) is 4.15. The highest BCUT2D eigenvalue weighted by Crippen LogP contribution is 2.27. The maximum Gasteiger partial charge on any atom is 0.255 e. The van der Waals surface area contributed by atoms with Crippen LogP contribution in [0.15, 0.2) is 85.2 Å². The van der Waals surface area contributed by atoms with Crippen LogP contribution in [-0.2, 0) is 0 Å². The lowest BCUT2D eigenvalue weighted by atomic mass is 10.1. The molecule has 0 spiro atoms. The highest BCUT2D eigenvalue weighted by molar-refractivity contribution is 6.09. The second-order valence-corrected chi connectivity index (χ2v) is 5.80. The number of carbonyl (C=O) groups excluding carboxylic acids is 1. The van der Waals surface area contributed by atoms with Crippen LogP contribution in [0, 0.1) is 0 Å². The Bertz CT molecular complexity index is 1040. The standard InChI is InChI=1S/C21H16N2O2/c24-18-11-8-15-4-3-5-20(19(15)14-18)22-21(25)16-6-9-17(10-7-16)23-12-1-2-13-23/h1-14,24H,(H,22,25). The molecule has 0 unspecified atom stereocenters. The van der Waals surface area contributed by atoms with Crippen molar-refractivity contribution in [3.05, 3.63) is 90.8 Å². The van der Waals surface area contributed by atoms with Crippen LogP contribution in [0.25, 0.3) is 16.5 Å². The minimum absolute atomic E-state index is 0.172. The van der Waals surface area contributed by atoms with Crippen molar-refractivity contribution < 1.29 is 9.90 Å². The zero-order chi connectivity index (χ0) is 17.2. The second-order valence-electron chi connectivity index (χ2n) is 5.80. The highest BCUT2D eigenvalue weighted by atomic mass is 16.3. The van der Waals surface area contributed by atoms with Gasteiger partial charge in [0.15, 0.2) is 0 Å². The number of nitrogens with zero attached hydrogens (tertiary/aromatic N) is 1. The molecule has 2 N–H and O–H groups in total. The van der Waals surface area contributed by atoms with Gasteiger partial charge in [-0.05, 0) is 60.0 Å². The number of anilines is 1. The fraction of sp³-hybridized carbons (Fsp3) is 0. The predicted octanol–water partition coefficient (Wildman–Crippen LogP) is 4.59. The average Bonchev–Trinajstić information content (AvgIpc) is 3.17. The second kappa shape index (κ2) is 6.17. The van der Waals surface area contributed by atoms with Gasteiger partial charge in [0.05, 0.1) is 0 Å². The fourth-order valence-electron chi connectivity index (χ4n) is 2.86. The van der Waals surface area contributed by atoms with Gasteiger partial charge >= 0.3 is 0 Å². The molecule has 3 aromatic carbocycles. The lowest BCUT2D eigenvalue weighted by Gasteiger charge is -2.10. The minimum Gasteiger partial charge on any atom is -0.508 e. The van der Waals surface area contributed by atoms with E-state index >= 15 is 0 Å². The first-order valence-corrected chi connectivity index (χ1v) is 7.97. The van der Waals surface area contributed by atoms with Gasteiger partial charge in [0.25, 0.3) is 5.91 Å². The molecule has 122 valence electrons. The van der Waals surface area contributed by atoms with E-state index in [-0.39, 0.29) is 11.7 Å². The number of benzene rings is 3. The summed E-state index contributed by atoms with van der Waals surface area (Å²) < 4.78 is 1.98. The number of aromatic nitrogens is 1. The van der Waals surface area contributed by atoms with Crippen molar-refractivity contribution in [3.63, 3.8) is 0 Å². The quantitative estimate of drug-likeness (QED) is 0.578. The molecule has 4 heteroatoms. The van der Waals surface area contributed by atoms with Crippen molar-refractivity contribution in [3.8, 4) is 11.4 Å². The number of hydrogen-bond acceptors (Lipinski definition) is 2. The van der Waals surface area contributed by atoms with Crippen molar-refractivity contribution in [1.29, 1.82) is 0 Å². The van der Waals surface area contributed by atoms with E-state index in [0.29, 0.717) is 11.3 Å².